The Labute approximate surface area is 107 Å². The van der Waals surface area contributed by atoms with Crippen LogP contribution in [0.25, 0.3) is 16.5 Å². The van der Waals surface area contributed by atoms with E-state index in [2.05, 4.69) is 30.1 Å². The molecule has 1 aromatic heterocycles. The third kappa shape index (κ3) is 1.78. The Bertz CT molecular complexity index is 634. The molecule has 1 heterocycles. The minimum atomic E-state index is 0.261. The number of fused-ring (bicyclic) bond motifs is 1. The van der Waals surface area contributed by atoms with E-state index < -0.39 is 0 Å². The molecule has 92 valence electrons. The first kappa shape index (κ1) is 11.3. The molecule has 18 heavy (non-hydrogen) atoms. The van der Waals surface area contributed by atoms with E-state index in [9.17, 15) is 4.79 Å². The van der Waals surface area contributed by atoms with Crippen LogP contribution in [0.15, 0.2) is 30.5 Å². The van der Waals surface area contributed by atoms with Gasteiger partial charge in [0, 0.05) is 29.1 Å². The van der Waals surface area contributed by atoms with Gasteiger partial charge in [-0.25, -0.2) is 0 Å². The lowest BCUT2D eigenvalue weighted by Gasteiger charge is -2.11. The fourth-order valence-corrected chi connectivity index (χ4v) is 2.78. The lowest BCUT2D eigenvalue weighted by atomic mass is 9.92. The van der Waals surface area contributed by atoms with E-state index in [1.54, 1.807) is 0 Å². The molecule has 0 spiro atoms. The molecule has 1 aromatic carbocycles. The highest BCUT2D eigenvalue weighted by Gasteiger charge is 2.15. The van der Waals surface area contributed by atoms with Crippen molar-refractivity contribution in [2.45, 2.75) is 32.6 Å². The second kappa shape index (κ2) is 4.45. The maximum Gasteiger partial charge on any atom is 0.155 e. The van der Waals surface area contributed by atoms with Crippen molar-refractivity contribution in [2.75, 3.05) is 0 Å². The molecule has 0 saturated carbocycles. The molecule has 0 bridgehead atoms. The summed E-state index contributed by atoms with van der Waals surface area (Å²) in [5.41, 5.74) is 4.94. The summed E-state index contributed by atoms with van der Waals surface area (Å²) in [7, 11) is 0. The van der Waals surface area contributed by atoms with Crippen LogP contribution in [0.2, 0.25) is 0 Å². The summed E-state index contributed by atoms with van der Waals surface area (Å²) in [5, 5.41) is 1.25. The summed E-state index contributed by atoms with van der Waals surface area (Å²) in [6, 6.07) is 6.40. The van der Waals surface area contributed by atoms with Crippen molar-refractivity contribution in [1.29, 1.82) is 0 Å². The van der Waals surface area contributed by atoms with E-state index >= 15 is 0 Å². The van der Waals surface area contributed by atoms with Crippen LogP contribution in [0.4, 0.5) is 0 Å². The number of hydrogen-bond acceptors (Lipinski definition) is 1. The van der Waals surface area contributed by atoms with Gasteiger partial charge >= 0.3 is 0 Å². The number of carbonyl (C=O) groups is 1. The molecule has 1 aliphatic carbocycles. The highest BCUT2D eigenvalue weighted by molar-refractivity contribution is 6.03. The summed E-state index contributed by atoms with van der Waals surface area (Å²) >= 11 is 0. The van der Waals surface area contributed by atoms with Gasteiger partial charge in [-0.2, -0.15) is 0 Å². The van der Waals surface area contributed by atoms with Crippen LogP contribution in [0, 0.1) is 0 Å². The van der Waals surface area contributed by atoms with Crippen LogP contribution < -0.4 is 0 Å². The standard InChI is InChI=1S/C16H17NO/c1-2-11-5-4-8-14-15(10-17-16(11)14)12-6-3-7-13(18)9-12/h4-5,8-10,17H,2-3,6-7H2,1H3. The zero-order valence-electron chi connectivity index (χ0n) is 10.6. The van der Waals surface area contributed by atoms with E-state index in [0.717, 1.165) is 19.3 Å². The van der Waals surface area contributed by atoms with Gasteiger partial charge in [0.05, 0.1) is 0 Å². The van der Waals surface area contributed by atoms with Gasteiger partial charge in [0.1, 0.15) is 0 Å². The van der Waals surface area contributed by atoms with Crippen LogP contribution in [0.3, 0.4) is 0 Å². The first-order valence-electron chi connectivity index (χ1n) is 6.62. The smallest absolute Gasteiger partial charge is 0.155 e. The van der Waals surface area contributed by atoms with E-state index in [1.165, 1.54) is 27.6 Å². The Kier molecular flexibility index (Phi) is 2.78. The Morgan fingerprint density at radius 1 is 1.28 bits per heavy atom. The number of carbonyl (C=O) groups excluding carboxylic acids is 1. The third-order valence-electron chi connectivity index (χ3n) is 3.73. The van der Waals surface area contributed by atoms with Crippen molar-refractivity contribution in [1.82, 2.24) is 4.98 Å². The van der Waals surface area contributed by atoms with Crippen molar-refractivity contribution in [3.8, 4) is 0 Å². The van der Waals surface area contributed by atoms with Gasteiger partial charge in [-0.15, -0.1) is 0 Å². The predicted molar refractivity (Wildman–Crippen MR) is 74.5 cm³/mol. The number of aromatic nitrogens is 1. The van der Waals surface area contributed by atoms with Crippen molar-refractivity contribution < 1.29 is 4.79 Å². The number of rotatable bonds is 2. The molecule has 0 fully saturated rings. The van der Waals surface area contributed by atoms with Gasteiger partial charge in [0.2, 0.25) is 0 Å². The predicted octanol–water partition coefficient (Wildman–Crippen LogP) is 3.87. The highest BCUT2D eigenvalue weighted by Crippen LogP contribution is 2.32. The van der Waals surface area contributed by atoms with Crippen LogP contribution in [-0.2, 0) is 11.2 Å². The van der Waals surface area contributed by atoms with Crippen LogP contribution in [-0.4, -0.2) is 10.8 Å². The second-order valence-electron chi connectivity index (χ2n) is 4.89. The van der Waals surface area contributed by atoms with Crippen molar-refractivity contribution in [3.05, 3.63) is 41.6 Å². The minimum absolute atomic E-state index is 0.261. The fraction of sp³-hybridized carbons (Fsp3) is 0.312. The van der Waals surface area contributed by atoms with Crippen molar-refractivity contribution >= 4 is 22.3 Å². The molecule has 0 amide bonds. The van der Waals surface area contributed by atoms with Crippen molar-refractivity contribution in [3.63, 3.8) is 0 Å². The first-order valence-corrected chi connectivity index (χ1v) is 6.62. The molecule has 0 aliphatic heterocycles. The number of allylic oxidation sites excluding steroid dienone is 2. The van der Waals surface area contributed by atoms with Crippen LogP contribution in [0.5, 0.6) is 0 Å². The lowest BCUT2D eigenvalue weighted by molar-refractivity contribution is -0.114. The number of aromatic amines is 1. The van der Waals surface area contributed by atoms with Crippen LogP contribution in [0.1, 0.15) is 37.3 Å². The summed E-state index contributed by atoms with van der Waals surface area (Å²) in [4.78, 5) is 14.9. The van der Waals surface area contributed by atoms with Gasteiger partial charge in [0.15, 0.2) is 5.78 Å². The number of H-pyrrole nitrogens is 1. The van der Waals surface area contributed by atoms with E-state index in [-0.39, 0.29) is 5.78 Å². The zero-order valence-corrected chi connectivity index (χ0v) is 10.6. The quantitative estimate of drug-likeness (QED) is 0.848. The Balaban J connectivity index is 2.16. The minimum Gasteiger partial charge on any atom is -0.360 e. The molecular weight excluding hydrogens is 222 g/mol. The summed E-state index contributed by atoms with van der Waals surface area (Å²) in [6.07, 6.45) is 7.58. The fourth-order valence-electron chi connectivity index (χ4n) is 2.78. The molecule has 1 N–H and O–H groups in total. The maximum absolute atomic E-state index is 11.5. The topological polar surface area (TPSA) is 32.9 Å². The summed E-state index contributed by atoms with van der Waals surface area (Å²) < 4.78 is 0. The number of ketones is 1. The number of nitrogens with one attached hydrogen (secondary N) is 1. The van der Waals surface area contributed by atoms with Gasteiger partial charge < -0.3 is 4.98 Å². The monoisotopic (exact) mass is 239 g/mol. The second-order valence-corrected chi connectivity index (χ2v) is 4.89. The van der Waals surface area contributed by atoms with E-state index in [4.69, 9.17) is 0 Å². The molecule has 3 rings (SSSR count). The summed E-state index contributed by atoms with van der Waals surface area (Å²) in [5.74, 6) is 0.261. The number of aryl methyl sites for hydroxylation is 1. The largest absolute Gasteiger partial charge is 0.360 e. The average molecular weight is 239 g/mol. The number of benzene rings is 1. The first-order chi connectivity index (χ1) is 8.79. The lowest BCUT2D eigenvalue weighted by Crippen LogP contribution is -2.01. The van der Waals surface area contributed by atoms with E-state index in [0.29, 0.717) is 6.42 Å². The zero-order chi connectivity index (χ0) is 12.5. The van der Waals surface area contributed by atoms with Crippen molar-refractivity contribution in [2.24, 2.45) is 0 Å². The van der Waals surface area contributed by atoms with Gasteiger partial charge in [-0.05, 0) is 36.5 Å². The average Bonchev–Trinajstić information content (AvgIpc) is 2.82. The van der Waals surface area contributed by atoms with E-state index in [1.807, 2.05) is 12.3 Å². The number of hydrogen-bond donors (Lipinski definition) is 1. The molecule has 0 unspecified atom stereocenters. The Morgan fingerprint density at radius 3 is 2.94 bits per heavy atom. The molecular formula is C16H17NO. The molecule has 1 aliphatic rings. The number of para-hydroxylation sites is 1. The molecule has 2 nitrogen and oxygen atoms in total. The van der Waals surface area contributed by atoms with Gasteiger partial charge in [-0.3, -0.25) is 4.79 Å². The Morgan fingerprint density at radius 2 is 2.17 bits per heavy atom. The third-order valence-corrected chi connectivity index (χ3v) is 3.73. The molecule has 0 atom stereocenters. The van der Waals surface area contributed by atoms with Crippen LogP contribution >= 0.6 is 0 Å². The van der Waals surface area contributed by atoms with Gasteiger partial charge in [-0.1, -0.05) is 25.1 Å². The normalized spacial score (nSPS) is 16.1. The Hall–Kier alpha value is -1.83. The molecule has 0 saturated heterocycles. The van der Waals surface area contributed by atoms with Gasteiger partial charge in [0.25, 0.3) is 0 Å². The molecule has 0 radical (unpaired) electrons. The molecule has 2 aromatic rings. The summed E-state index contributed by atoms with van der Waals surface area (Å²) in [6.45, 7) is 2.17. The molecule has 2 heteroatoms. The maximum atomic E-state index is 11.5. The SMILES string of the molecule is CCc1cccc2c(C3=CC(=O)CCC3)c[nH]c12. The highest BCUT2D eigenvalue weighted by atomic mass is 16.1.